The molecule has 19 amide bonds. The summed E-state index contributed by atoms with van der Waals surface area (Å²) in [5.74, 6) is -25.7. The Kier molecular flexibility index (Phi) is 52.7. The second-order valence-electron chi connectivity index (χ2n) is 36.5. The fourth-order valence-corrected chi connectivity index (χ4v) is 14.2. The summed E-state index contributed by atoms with van der Waals surface area (Å²) in [6.07, 6.45) is -5.12. The molecule has 49 heteroatoms. The molecule has 2 rings (SSSR count). The first kappa shape index (κ1) is 122. The SMILES string of the molecule is CC[C@H](C)[C@H](NC(=O)[C@H](Cc1ccc(O)cc1)NC(=O)[C@H](CO)NC(=O)[C@H](CC(C)C)NC(=O)[C@@H]1CCCN1C(=O)[C@@H](NC(=O)[C@H](CC(C)C)NC(=O)[C@H](CC(=O)O)NC(=O)CNC(=O)[C@H](CO)NC(=O)[C@H](C)NC(=O)[C@@H](NC(=O)[C@@H](NC(=O)[C@@H](NC(=O)CN)[C@@H](C)O)[C@@H](C)CC)[C@@H](C)O)C(C)C)C(=O)N[C@@H](C)C(=O)NCC(=O)N[C@@H](CC(C)C)C(=O)N[C@H](C(=O)N[C@H](C(=O)O)[C@@H](C)O)[C@@H](C)CC. The minimum absolute atomic E-state index is 0.0323. The van der Waals surface area contributed by atoms with E-state index in [9.17, 15) is 142 Å². The van der Waals surface area contributed by atoms with Crippen LogP contribution >= 0.6 is 0 Å². The van der Waals surface area contributed by atoms with Gasteiger partial charge in [-0.1, -0.05) is 128 Å². The molecule has 1 aliphatic rings. The van der Waals surface area contributed by atoms with Crippen molar-refractivity contribution in [3.05, 3.63) is 29.8 Å². The minimum Gasteiger partial charge on any atom is -0.508 e. The van der Waals surface area contributed by atoms with Crippen molar-refractivity contribution in [1.82, 2.24) is 101 Å². The van der Waals surface area contributed by atoms with Crippen LogP contribution in [0, 0.1) is 41.4 Å². The summed E-state index contributed by atoms with van der Waals surface area (Å²) >= 11 is 0. The number of carboxylic acid groups (broad SMARTS) is 2. The first-order valence-electron chi connectivity index (χ1n) is 46.3. The van der Waals surface area contributed by atoms with E-state index in [1.165, 1.54) is 43.0 Å². The van der Waals surface area contributed by atoms with E-state index in [-0.39, 0.29) is 75.5 Å². The number of nitrogens with two attached hydrogens (primary N) is 1. The third-order valence-corrected chi connectivity index (χ3v) is 22.9. The van der Waals surface area contributed by atoms with Crippen molar-refractivity contribution in [2.24, 2.45) is 47.2 Å². The third-order valence-electron chi connectivity index (χ3n) is 22.9. The molecule has 1 saturated heterocycles. The Balaban J connectivity index is 2.32. The van der Waals surface area contributed by atoms with E-state index < -0.39 is 314 Å². The van der Waals surface area contributed by atoms with Crippen molar-refractivity contribution in [2.75, 3.05) is 39.4 Å². The largest absolute Gasteiger partial charge is 0.508 e. The number of aliphatic hydroxyl groups is 5. The maximum Gasteiger partial charge on any atom is 0.328 e. The van der Waals surface area contributed by atoms with Gasteiger partial charge in [-0.15, -0.1) is 0 Å². The van der Waals surface area contributed by atoms with Crippen LogP contribution < -0.4 is 101 Å². The quantitative estimate of drug-likeness (QED) is 0.0288. The van der Waals surface area contributed by atoms with Gasteiger partial charge in [-0.25, -0.2) is 4.79 Å². The van der Waals surface area contributed by atoms with Crippen molar-refractivity contribution >= 4 is 124 Å². The van der Waals surface area contributed by atoms with Gasteiger partial charge in [0.15, 0.2) is 6.04 Å². The molecule has 778 valence electrons. The molecule has 0 bridgehead atoms. The lowest BCUT2D eigenvalue weighted by Crippen LogP contribution is -2.62. The number of nitrogens with zero attached hydrogens (tertiary/aromatic N) is 1. The molecule has 28 N–H and O–H groups in total. The molecule has 49 nitrogen and oxygen atoms in total. The predicted molar refractivity (Wildman–Crippen MR) is 495 cm³/mol. The van der Waals surface area contributed by atoms with E-state index in [4.69, 9.17) is 5.73 Å². The fraction of sp³-hybridized carbons (Fsp3) is 0.697. The maximum atomic E-state index is 14.8. The first-order valence-corrected chi connectivity index (χ1v) is 46.3. The van der Waals surface area contributed by atoms with E-state index in [1.54, 1.807) is 96.9 Å². The Hall–Kier alpha value is -12.3. The minimum atomic E-state index is -1.96. The molecule has 23 atom stereocenters. The van der Waals surface area contributed by atoms with Crippen LogP contribution in [0.15, 0.2) is 24.3 Å². The van der Waals surface area contributed by atoms with Gasteiger partial charge in [-0.05, 0) is 126 Å². The van der Waals surface area contributed by atoms with Gasteiger partial charge in [-0.2, -0.15) is 0 Å². The molecule has 0 saturated carbocycles. The summed E-state index contributed by atoms with van der Waals surface area (Å²) in [6, 6.07) is -21.0. The molecule has 0 unspecified atom stereocenters. The second kappa shape index (κ2) is 59.7. The smallest absolute Gasteiger partial charge is 0.328 e. The van der Waals surface area contributed by atoms with Gasteiger partial charge in [0.1, 0.15) is 102 Å². The number of amides is 19. The highest BCUT2D eigenvalue weighted by molar-refractivity contribution is 6.02. The number of carbonyl (C=O) groups excluding carboxylic acids is 19. The van der Waals surface area contributed by atoms with E-state index in [2.05, 4.69) is 95.7 Å². The number of nitrogens with one attached hydrogen (secondary N) is 18. The summed E-state index contributed by atoms with van der Waals surface area (Å²) in [6.45, 7) is 24.5. The fourth-order valence-electron chi connectivity index (χ4n) is 14.2. The predicted octanol–water partition coefficient (Wildman–Crippen LogP) is -7.47. The number of benzene rings is 1. The molecule has 0 aliphatic carbocycles. The Labute approximate surface area is 801 Å². The number of carbonyl (C=O) groups is 21. The van der Waals surface area contributed by atoms with E-state index >= 15 is 0 Å². The number of rotatable bonds is 60. The molecular formula is C89H148N20O29. The normalized spacial score (nSPS) is 17.3. The van der Waals surface area contributed by atoms with Gasteiger partial charge in [-0.3, -0.25) is 95.9 Å². The molecule has 1 aromatic rings. The molecule has 1 aliphatic heterocycles. The van der Waals surface area contributed by atoms with Crippen LogP contribution in [-0.2, 0) is 107 Å². The Morgan fingerprint density at radius 1 is 0.370 bits per heavy atom. The van der Waals surface area contributed by atoms with E-state index in [0.717, 1.165) is 20.8 Å². The number of aliphatic hydroxyl groups excluding tert-OH is 5. The number of aromatic hydroxyl groups is 1. The maximum absolute atomic E-state index is 14.8. The summed E-state index contributed by atoms with van der Waals surface area (Å²) < 4.78 is 0. The Bertz CT molecular complexity index is 4330. The summed E-state index contributed by atoms with van der Waals surface area (Å²) in [4.78, 5) is 287. The van der Waals surface area contributed by atoms with Crippen molar-refractivity contribution in [3.8, 4) is 5.75 Å². The van der Waals surface area contributed by atoms with Crippen LogP contribution in [0.25, 0.3) is 0 Å². The lowest BCUT2D eigenvalue weighted by molar-refractivity contribution is -0.145. The Morgan fingerprint density at radius 3 is 1.14 bits per heavy atom. The van der Waals surface area contributed by atoms with Crippen molar-refractivity contribution in [2.45, 2.75) is 317 Å². The van der Waals surface area contributed by atoms with Gasteiger partial charge in [0, 0.05) is 13.0 Å². The molecular weight excluding hydrogens is 1810 g/mol. The van der Waals surface area contributed by atoms with Crippen molar-refractivity contribution in [1.29, 1.82) is 0 Å². The molecule has 1 fully saturated rings. The number of carboxylic acids is 2. The highest BCUT2D eigenvalue weighted by atomic mass is 16.4. The summed E-state index contributed by atoms with van der Waals surface area (Å²) in [7, 11) is 0. The highest BCUT2D eigenvalue weighted by Crippen LogP contribution is 2.24. The standard InChI is InChI=1S/C89H148N20O29/c1-20-44(12)67(83(131)93-47(15)73(121)91-36-63(117)95-54(30-40(4)5)78(126)105-68(45(13)21-2)85(133)108-72(51(19)114)89(137)138)104-80(128)57(33-52-25-27-53(115)28-26-52)98-81(129)60(39-111)101-76(124)55(31-41(6)7)99-82(130)61-24-23-29-109(61)88(136)66(43(10)11)103-79(127)56(32-42(8)9)97-77(125)58(34-65(119)120)96-64(118)37-92-75(123)59(38-110)100-74(122)48(16)94-86(134)71(50(18)113)107-84(132)69(46(14)22-3)106-87(135)70(49(17)112)102-62(116)35-90/h25-28,40-51,54-61,66-72,110-115H,20-24,29-39,90H2,1-19H3,(H,91,121)(H,92,123)(H,93,131)(H,94,134)(H,95,117)(H,96,118)(H,97,125)(H,98,129)(H,99,130)(H,100,122)(H,101,124)(H,102,116)(H,103,127)(H,104,128)(H,105,126)(H,106,135)(H,107,132)(H,108,133)(H,119,120)(H,137,138)/t44-,45-,46-,47-,48-,49+,50+,51+,54-,55-,56-,57-,58-,59-,60-,61-,66-,67-,68-,69-,70-,71-,72-/m0/s1. The van der Waals surface area contributed by atoms with Crippen LogP contribution in [0.5, 0.6) is 5.75 Å². The lowest BCUT2D eigenvalue weighted by Gasteiger charge is -2.33. The van der Waals surface area contributed by atoms with Crippen LogP contribution in [-0.4, -0.2) is 330 Å². The van der Waals surface area contributed by atoms with Gasteiger partial charge in [0.05, 0.1) is 57.6 Å². The van der Waals surface area contributed by atoms with Crippen LogP contribution in [0.4, 0.5) is 0 Å². The lowest BCUT2D eigenvalue weighted by atomic mass is 9.96. The van der Waals surface area contributed by atoms with Crippen molar-refractivity contribution < 1.29 is 142 Å². The number of phenols is 1. The molecule has 0 radical (unpaired) electrons. The molecule has 1 aromatic carbocycles. The number of aliphatic carboxylic acids is 2. The van der Waals surface area contributed by atoms with Crippen molar-refractivity contribution in [3.63, 3.8) is 0 Å². The van der Waals surface area contributed by atoms with Gasteiger partial charge < -0.3 is 147 Å². The second-order valence-corrected chi connectivity index (χ2v) is 36.5. The molecule has 1 heterocycles. The van der Waals surface area contributed by atoms with Crippen LogP contribution in [0.2, 0.25) is 0 Å². The third kappa shape index (κ3) is 40.7. The number of hydrogen-bond acceptors (Lipinski definition) is 28. The highest BCUT2D eigenvalue weighted by Gasteiger charge is 2.44. The molecule has 0 aromatic heterocycles. The van der Waals surface area contributed by atoms with Gasteiger partial charge in [0.25, 0.3) is 0 Å². The van der Waals surface area contributed by atoms with Gasteiger partial charge >= 0.3 is 11.9 Å². The monoisotopic (exact) mass is 1960 g/mol. The molecule has 138 heavy (non-hydrogen) atoms. The number of phenolic OH excluding ortho intramolecular Hbond substituents is 1. The zero-order valence-corrected chi connectivity index (χ0v) is 81.9. The zero-order chi connectivity index (χ0) is 105. The van der Waals surface area contributed by atoms with E-state index in [0.29, 0.717) is 12.0 Å². The summed E-state index contributed by atoms with van der Waals surface area (Å²) in [5.41, 5.74) is 5.69. The average Bonchev–Trinajstić information content (AvgIpc) is 1.75. The van der Waals surface area contributed by atoms with Crippen LogP contribution in [0.3, 0.4) is 0 Å². The van der Waals surface area contributed by atoms with E-state index in [1.807, 2.05) is 0 Å². The topological polar surface area (TPSA) is 766 Å². The van der Waals surface area contributed by atoms with Crippen LogP contribution in [0.1, 0.15) is 195 Å². The summed E-state index contributed by atoms with van der Waals surface area (Å²) in [5, 5.41) is 125. The zero-order valence-electron chi connectivity index (χ0n) is 81.9. The average molecular weight is 1960 g/mol. The van der Waals surface area contributed by atoms with Gasteiger partial charge in [0.2, 0.25) is 112 Å². The first-order chi connectivity index (χ1) is 64.4. The Morgan fingerprint density at radius 2 is 0.710 bits per heavy atom. The number of hydrogen-bond donors (Lipinski definition) is 27. The number of likely N-dealkylation sites (tertiary alicyclic amines) is 1. The molecule has 0 spiro atoms.